The number of amides is 1. The summed E-state index contributed by atoms with van der Waals surface area (Å²) in [4.78, 5) is 12.2. The number of ether oxygens (including phenoxy) is 3. The molecule has 0 fully saturated rings. The van der Waals surface area contributed by atoms with E-state index >= 15 is 0 Å². The molecule has 28 heavy (non-hydrogen) atoms. The first-order chi connectivity index (χ1) is 13.5. The number of aryl methyl sites for hydroxylation is 2. The van der Waals surface area contributed by atoms with Gasteiger partial charge in [0.05, 0.1) is 18.9 Å². The largest absolute Gasteiger partial charge is 0.493 e. The van der Waals surface area contributed by atoms with Crippen molar-refractivity contribution < 1.29 is 23.4 Å². The van der Waals surface area contributed by atoms with Crippen LogP contribution in [0.1, 0.15) is 30.4 Å². The number of hydrogen-bond donors (Lipinski definition) is 1. The van der Waals surface area contributed by atoms with Crippen molar-refractivity contribution in [3.05, 3.63) is 53.3 Å². The highest BCUT2D eigenvalue weighted by Crippen LogP contribution is 2.26. The molecule has 6 heteroatoms. The molecule has 0 saturated carbocycles. The average molecular weight is 389 g/mol. The molecule has 1 N–H and O–H groups in total. The van der Waals surface area contributed by atoms with Crippen LogP contribution < -0.4 is 14.8 Å². The molecule has 0 aliphatic carbocycles. The third kappa shape index (κ3) is 7.19. The lowest BCUT2D eigenvalue weighted by molar-refractivity contribution is -0.116. The molecule has 2 aromatic rings. The van der Waals surface area contributed by atoms with Crippen LogP contribution in [-0.2, 0) is 9.53 Å². The van der Waals surface area contributed by atoms with Crippen molar-refractivity contribution in [3.8, 4) is 11.5 Å². The maximum atomic E-state index is 13.5. The van der Waals surface area contributed by atoms with Gasteiger partial charge in [0.1, 0.15) is 23.9 Å². The minimum atomic E-state index is -0.434. The normalized spacial score (nSPS) is 10.6. The number of carbonyl (C=O) groups excluding carboxylic acids is 1. The molecule has 0 saturated heterocycles. The fourth-order valence-corrected chi connectivity index (χ4v) is 2.61. The average Bonchev–Trinajstić information content (AvgIpc) is 2.66. The Balaban J connectivity index is 1.76. The SMILES string of the molecule is COCCOc1ccc(F)cc1NC(=O)CCCCOc1cc(C)ccc1C. The Bertz CT molecular complexity index is 779. The Labute approximate surface area is 165 Å². The quantitative estimate of drug-likeness (QED) is 0.568. The fourth-order valence-electron chi connectivity index (χ4n) is 2.61. The summed E-state index contributed by atoms with van der Waals surface area (Å²) in [5, 5.41) is 2.72. The predicted octanol–water partition coefficient (Wildman–Crippen LogP) is 4.66. The molecule has 1 amide bonds. The molecule has 5 nitrogen and oxygen atoms in total. The molecule has 0 aliphatic rings. The highest BCUT2D eigenvalue weighted by Gasteiger charge is 2.10. The number of benzene rings is 2. The highest BCUT2D eigenvalue weighted by molar-refractivity contribution is 5.92. The number of carbonyl (C=O) groups is 1. The smallest absolute Gasteiger partial charge is 0.224 e. The van der Waals surface area contributed by atoms with Crippen molar-refractivity contribution in [3.63, 3.8) is 0 Å². The van der Waals surface area contributed by atoms with Crippen LogP contribution in [0, 0.1) is 19.7 Å². The van der Waals surface area contributed by atoms with Gasteiger partial charge in [0.25, 0.3) is 0 Å². The third-order valence-corrected chi connectivity index (χ3v) is 4.16. The van der Waals surface area contributed by atoms with E-state index in [1.165, 1.54) is 18.2 Å². The summed E-state index contributed by atoms with van der Waals surface area (Å²) < 4.78 is 29.8. The zero-order chi connectivity index (χ0) is 20.4. The lowest BCUT2D eigenvalue weighted by atomic mass is 10.1. The van der Waals surface area contributed by atoms with E-state index in [2.05, 4.69) is 5.32 Å². The second-order valence-electron chi connectivity index (χ2n) is 6.60. The van der Waals surface area contributed by atoms with E-state index in [1.807, 2.05) is 32.0 Å². The topological polar surface area (TPSA) is 56.8 Å². The van der Waals surface area contributed by atoms with E-state index in [4.69, 9.17) is 14.2 Å². The minimum absolute atomic E-state index is 0.186. The van der Waals surface area contributed by atoms with Crippen LogP contribution in [0.2, 0.25) is 0 Å². The first-order valence-electron chi connectivity index (χ1n) is 9.41. The summed E-state index contributed by atoms with van der Waals surface area (Å²) in [5.41, 5.74) is 2.57. The number of rotatable bonds is 11. The molecule has 2 aromatic carbocycles. The maximum absolute atomic E-state index is 13.5. The first kappa shape index (κ1) is 21.7. The fraction of sp³-hybridized carbons (Fsp3) is 0.409. The van der Waals surface area contributed by atoms with E-state index in [9.17, 15) is 9.18 Å². The summed E-state index contributed by atoms with van der Waals surface area (Å²) in [7, 11) is 1.57. The second kappa shape index (κ2) is 11.3. The van der Waals surface area contributed by atoms with Gasteiger partial charge in [-0.25, -0.2) is 4.39 Å². The Morgan fingerprint density at radius 1 is 0.964 bits per heavy atom. The Hall–Kier alpha value is -2.60. The van der Waals surface area contributed by atoms with Gasteiger partial charge < -0.3 is 19.5 Å². The van der Waals surface area contributed by atoms with Gasteiger partial charge in [0.2, 0.25) is 5.91 Å². The monoisotopic (exact) mass is 389 g/mol. The van der Waals surface area contributed by atoms with Crippen molar-refractivity contribution in [2.75, 3.05) is 32.2 Å². The Morgan fingerprint density at radius 2 is 1.75 bits per heavy atom. The van der Waals surface area contributed by atoms with Gasteiger partial charge in [0.15, 0.2) is 0 Å². The van der Waals surface area contributed by atoms with Crippen LogP contribution >= 0.6 is 0 Å². The summed E-state index contributed by atoms with van der Waals surface area (Å²) in [5.74, 6) is 0.678. The number of methoxy groups -OCH3 is 1. The second-order valence-corrected chi connectivity index (χ2v) is 6.60. The molecule has 0 spiro atoms. The van der Waals surface area contributed by atoms with Gasteiger partial charge in [-0.1, -0.05) is 12.1 Å². The van der Waals surface area contributed by atoms with Gasteiger partial charge in [-0.2, -0.15) is 0 Å². The lowest BCUT2D eigenvalue weighted by Crippen LogP contribution is -2.14. The van der Waals surface area contributed by atoms with Gasteiger partial charge in [-0.05, 0) is 56.0 Å². The summed E-state index contributed by atoms with van der Waals surface area (Å²) in [6.07, 6.45) is 1.75. The maximum Gasteiger partial charge on any atom is 0.224 e. The molecule has 0 atom stereocenters. The molecule has 0 aliphatic heterocycles. The summed E-state index contributed by atoms with van der Waals surface area (Å²) in [6.45, 7) is 5.30. The molecule has 0 heterocycles. The minimum Gasteiger partial charge on any atom is -0.493 e. The molecule has 0 unspecified atom stereocenters. The van der Waals surface area contributed by atoms with Gasteiger partial charge in [-0.3, -0.25) is 4.79 Å². The van der Waals surface area contributed by atoms with E-state index < -0.39 is 5.82 Å². The van der Waals surface area contributed by atoms with Crippen LogP contribution in [0.5, 0.6) is 11.5 Å². The molecular formula is C22H28FNO4. The summed E-state index contributed by atoms with van der Waals surface area (Å²) in [6, 6.07) is 10.1. The van der Waals surface area contributed by atoms with E-state index in [0.29, 0.717) is 44.1 Å². The number of halogens is 1. The Morgan fingerprint density at radius 3 is 2.54 bits per heavy atom. The van der Waals surface area contributed by atoms with Crippen LogP contribution in [-0.4, -0.2) is 32.8 Å². The molecule has 0 bridgehead atoms. The lowest BCUT2D eigenvalue weighted by Gasteiger charge is -2.13. The van der Waals surface area contributed by atoms with Crippen molar-refractivity contribution in [1.29, 1.82) is 0 Å². The molecule has 0 aromatic heterocycles. The van der Waals surface area contributed by atoms with Crippen molar-refractivity contribution in [2.24, 2.45) is 0 Å². The number of nitrogens with one attached hydrogen (secondary N) is 1. The van der Waals surface area contributed by atoms with Crippen molar-refractivity contribution in [2.45, 2.75) is 33.1 Å². The number of unbranched alkanes of at least 4 members (excludes halogenated alkanes) is 1. The van der Waals surface area contributed by atoms with Crippen LogP contribution in [0.15, 0.2) is 36.4 Å². The number of anilines is 1. The van der Waals surface area contributed by atoms with Crippen molar-refractivity contribution in [1.82, 2.24) is 0 Å². The van der Waals surface area contributed by atoms with Gasteiger partial charge in [0, 0.05) is 19.6 Å². The van der Waals surface area contributed by atoms with E-state index in [-0.39, 0.29) is 5.91 Å². The van der Waals surface area contributed by atoms with Crippen LogP contribution in [0.4, 0.5) is 10.1 Å². The van der Waals surface area contributed by atoms with E-state index in [1.54, 1.807) is 7.11 Å². The van der Waals surface area contributed by atoms with Crippen molar-refractivity contribution >= 4 is 11.6 Å². The highest BCUT2D eigenvalue weighted by atomic mass is 19.1. The van der Waals surface area contributed by atoms with Gasteiger partial charge in [-0.15, -0.1) is 0 Å². The van der Waals surface area contributed by atoms with Crippen LogP contribution in [0.25, 0.3) is 0 Å². The predicted molar refractivity (Wildman–Crippen MR) is 108 cm³/mol. The zero-order valence-electron chi connectivity index (χ0n) is 16.7. The first-order valence-corrected chi connectivity index (χ1v) is 9.41. The van der Waals surface area contributed by atoms with Crippen LogP contribution in [0.3, 0.4) is 0 Å². The molecule has 2 rings (SSSR count). The zero-order valence-corrected chi connectivity index (χ0v) is 16.7. The number of hydrogen-bond acceptors (Lipinski definition) is 4. The molecular weight excluding hydrogens is 361 g/mol. The third-order valence-electron chi connectivity index (χ3n) is 4.16. The molecule has 0 radical (unpaired) electrons. The van der Waals surface area contributed by atoms with Gasteiger partial charge >= 0.3 is 0 Å². The Kier molecular flexibility index (Phi) is 8.75. The molecule has 152 valence electrons. The summed E-state index contributed by atoms with van der Waals surface area (Å²) >= 11 is 0. The standard InChI is InChI=1S/C22H28FNO4/c1-16-7-8-17(2)21(14-16)27-11-5-4-6-22(25)24-19-15-18(23)9-10-20(19)28-13-12-26-3/h7-10,14-15H,4-6,11-13H2,1-3H3,(H,24,25). The van der Waals surface area contributed by atoms with E-state index in [0.717, 1.165) is 23.3 Å².